The molecule has 1 aliphatic rings. The van der Waals surface area contributed by atoms with Crippen LogP contribution in [0.4, 0.5) is 0 Å². The molecule has 94 valence electrons. The Hall–Kier alpha value is -1.29. The smallest absolute Gasteiger partial charge is 0.225 e. The highest BCUT2D eigenvalue weighted by molar-refractivity contribution is 5.79. The summed E-state index contributed by atoms with van der Waals surface area (Å²) < 4.78 is 5.40. The maximum atomic E-state index is 12.0. The second-order valence-corrected chi connectivity index (χ2v) is 4.78. The normalized spacial score (nSPS) is 24.6. The standard InChI is InChI=1S/C13H20N2O2/c1-9-6-7-10(17-9)8-15-13(16)11-4-2-3-5-12(11)14/h6-7,11-12H,2-5,8,14H2,1H3,(H,15,16). The Morgan fingerprint density at radius 2 is 2.24 bits per heavy atom. The van der Waals surface area contributed by atoms with Crippen LogP contribution in [-0.2, 0) is 11.3 Å². The van der Waals surface area contributed by atoms with E-state index >= 15 is 0 Å². The minimum Gasteiger partial charge on any atom is -0.465 e. The predicted molar refractivity (Wildman–Crippen MR) is 65.2 cm³/mol. The van der Waals surface area contributed by atoms with Gasteiger partial charge in [0.05, 0.1) is 12.5 Å². The third-order valence-electron chi connectivity index (χ3n) is 3.39. The molecule has 0 spiro atoms. The molecule has 1 amide bonds. The van der Waals surface area contributed by atoms with E-state index in [4.69, 9.17) is 10.2 Å². The molecule has 4 heteroatoms. The van der Waals surface area contributed by atoms with Crippen molar-refractivity contribution in [1.29, 1.82) is 0 Å². The number of aryl methyl sites for hydroxylation is 1. The molecule has 0 aromatic carbocycles. The molecule has 1 fully saturated rings. The zero-order valence-corrected chi connectivity index (χ0v) is 10.2. The van der Waals surface area contributed by atoms with Crippen LogP contribution in [-0.4, -0.2) is 11.9 Å². The first kappa shape index (κ1) is 12.2. The molecule has 4 nitrogen and oxygen atoms in total. The SMILES string of the molecule is Cc1ccc(CNC(=O)C2CCCCC2N)o1. The molecule has 1 aromatic heterocycles. The quantitative estimate of drug-likeness (QED) is 0.839. The number of nitrogens with two attached hydrogens (primary N) is 1. The van der Waals surface area contributed by atoms with Crippen LogP contribution in [0.2, 0.25) is 0 Å². The zero-order chi connectivity index (χ0) is 12.3. The molecule has 17 heavy (non-hydrogen) atoms. The third-order valence-corrected chi connectivity index (χ3v) is 3.39. The average Bonchev–Trinajstić information content (AvgIpc) is 2.73. The molecule has 0 bridgehead atoms. The summed E-state index contributed by atoms with van der Waals surface area (Å²) in [5.41, 5.74) is 5.97. The highest BCUT2D eigenvalue weighted by Gasteiger charge is 2.27. The largest absolute Gasteiger partial charge is 0.465 e. The average molecular weight is 236 g/mol. The maximum Gasteiger partial charge on any atom is 0.225 e. The molecule has 2 unspecified atom stereocenters. The Labute approximate surface area is 102 Å². The molecule has 1 saturated carbocycles. The summed E-state index contributed by atoms with van der Waals surface area (Å²) in [4.78, 5) is 12.0. The van der Waals surface area contributed by atoms with Crippen molar-refractivity contribution in [3.8, 4) is 0 Å². The molecule has 0 radical (unpaired) electrons. The predicted octanol–water partition coefficient (Wildman–Crippen LogP) is 1.72. The van der Waals surface area contributed by atoms with Gasteiger partial charge in [-0.15, -0.1) is 0 Å². The van der Waals surface area contributed by atoms with E-state index in [9.17, 15) is 4.79 Å². The van der Waals surface area contributed by atoms with Crippen molar-refractivity contribution in [2.24, 2.45) is 11.7 Å². The molecule has 0 aliphatic heterocycles. The van der Waals surface area contributed by atoms with E-state index in [2.05, 4.69) is 5.32 Å². The number of carbonyl (C=O) groups is 1. The summed E-state index contributed by atoms with van der Waals surface area (Å²) in [7, 11) is 0. The van der Waals surface area contributed by atoms with Crippen LogP contribution in [0.5, 0.6) is 0 Å². The van der Waals surface area contributed by atoms with Gasteiger partial charge >= 0.3 is 0 Å². The molecule has 2 atom stereocenters. The lowest BCUT2D eigenvalue weighted by molar-refractivity contribution is -0.126. The van der Waals surface area contributed by atoms with Gasteiger partial charge < -0.3 is 15.5 Å². The lowest BCUT2D eigenvalue weighted by Gasteiger charge is -2.27. The fourth-order valence-electron chi connectivity index (χ4n) is 2.37. The number of furan rings is 1. The molecule has 1 aliphatic carbocycles. The number of hydrogen-bond acceptors (Lipinski definition) is 3. The maximum absolute atomic E-state index is 12.0. The van der Waals surface area contributed by atoms with Gasteiger partial charge in [0.1, 0.15) is 11.5 Å². The van der Waals surface area contributed by atoms with E-state index < -0.39 is 0 Å². The van der Waals surface area contributed by atoms with Crippen molar-refractivity contribution in [3.05, 3.63) is 23.7 Å². The zero-order valence-electron chi connectivity index (χ0n) is 10.2. The summed E-state index contributed by atoms with van der Waals surface area (Å²) >= 11 is 0. The van der Waals surface area contributed by atoms with Gasteiger partial charge in [0.2, 0.25) is 5.91 Å². The second-order valence-electron chi connectivity index (χ2n) is 4.78. The van der Waals surface area contributed by atoms with Gasteiger partial charge in [-0.3, -0.25) is 4.79 Å². The summed E-state index contributed by atoms with van der Waals surface area (Å²) in [6, 6.07) is 3.80. The van der Waals surface area contributed by atoms with E-state index in [1.807, 2.05) is 19.1 Å². The van der Waals surface area contributed by atoms with E-state index in [0.717, 1.165) is 37.2 Å². The van der Waals surface area contributed by atoms with Crippen molar-refractivity contribution in [2.75, 3.05) is 0 Å². The molecule has 2 rings (SSSR count). The highest BCUT2D eigenvalue weighted by atomic mass is 16.3. The van der Waals surface area contributed by atoms with Crippen molar-refractivity contribution in [3.63, 3.8) is 0 Å². The van der Waals surface area contributed by atoms with E-state index in [1.165, 1.54) is 0 Å². The van der Waals surface area contributed by atoms with Gasteiger partial charge in [-0.25, -0.2) is 0 Å². The number of amides is 1. The van der Waals surface area contributed by atoms with Crippen molar-refractivity contribution < 1.29 is 9.21 Å². The minimum atomic E-state index is -0.0280. The highest BCUT2D eigenvalue weighted by Crippen LogP contribution is 2.23. The van der Waals surface area contributed by atoms with Gasteiger partial charge in [0, 0.05) is 6.04 Å². The fourth-order valence-corrected chi connectivity index (χ4v) is 2.37. The van der Waals surface area contributed by atoms with Crippen LogP contribution < -0.4 is 11.1 Å². The molecular formula is C13H20N2O2. The second kappa shape index (κ2) is 5.36. The van der Waals surface area contributed by atoms with E-state index in [-0.39, 0.29) is 17.9 Å². The third kappa shape index (κ3) is 3.09. The molecule has 1 aromatic rings. The summed E-state index contributed by atoms with van der Waals surface area (Å²) in [6.07, 6.45) is 4.11. The summed E-state index contributed by atoms with van der Waals surface area (Å²) in [6.45, 7) is 2.35. The van der Waals surface area contributed by atoms with Crippen LogP contribution >= 0.6 is 0 Å². The van der Waals surface area contributed by atoms with Gasteiger partial charge in [-0.1, -0.05) is 12.8 Å². The van der Waals surface area contributed by atoms with Crippen LogP contribution in [0, 0.1) is 12.8 Å². The Bertz CT molecular complexity index is 387. The number of rotatable bonds is 3. The first-order valence-corrected chi connectivity index (χ1v) is 6.25. The first-order chi connectivity index (χ1) is 8.16. The molecule has 1 heterocycles. The molecule has 3 N–H and O–H groups in total. The monoisotopic (exact) mass is 236 g/mol. The van der Waals surface area contributed by atoms with Crippen molar-refractivity contribution >= 4 is 5.91 Å². The van der Waals surface area contributed by atoms with Crippen LogP contribution in [0.3, 0.4) is 0 Å². The topological polar surface area (TPSA) is 68.3 Å². The summed E-state index contributed by atoms with van der Waals surface area (Å²) in [5.74, 6) is 1.69. The summed E-state index contributed by atoms with van der Waals surface area (Å²) in [5, 5.41) is 2.90. The van der Waals surface area contributed by atoms with Crippen LogP contribution in [0.15, 0.2) is 16.5 Å². The lowest BCUT2D eigenvalue weighted by atomic mass is 9.84. The number of nitrogens with one attached hydrogen (secondary N) is 1. The van der Waals surface area contributed by atoms with Gasteiger partial charge in [0.15, 0.2) is 0 Å². The Kier molecular flexibility index (Phi) is 3.84. The van der Waals surface area contributed by atoms with Gasteiger partial charge in [-0.2, -0.15) is 0 Å². The van der Waals surface area contributed by atoms with Crippen molar-refractivity contribution in [1.82, 2.24) is 5.32 Å². The van der Waals surface area contributed by atoms with E-state index in [1.54, 1.807) is 0 Å². The Morgan fingerprint density at radius 3 is 2.88 bits per heavy atom. The Balaban J connectivity index is 1.84. The number of carbonyl (C=O) groups excluding carboxylic acids is 1. The van der Waals surface area contributed by atoms with E-state index in [0.29, 0.717) is 6.54 Å². The van der Waals surface area contributed by atoms with Crippen LogP contribution in [0.1, 0.15) is 37.2 Å². The van der Waals surface area contributed by atoms with Gasteiger partial charge in [0.25, 0.3) is 0 Å². The molecule has 0 saturated heterocycles. The molecular weight excluding hydrogens is 216 g/mol. The number of hydrogen-bond donors (Lipinski definition) is 2. The first-order valence-electron chi connectivity index (χ1n) is 6.25. The minimum absolute atomic E-state index is 0.0158. The lowest BCUT2D eigenvalue weighted by Crippen LogP contribution is -2.43. The van der Waals surface area contributed by atoms with Crippen LogP contribution in [0.25, 0.3) is 0 Å². The Morgan fingerprint density at radius 1 is 1.47 bits per heavy atom. The fraction of sp³-hybridized carbons (Fsp3) is 0.615. The van der Waals surface area contributed by atoms with Gasteiger partial charge in [-0.05, 0) is 31.9 Å². The van der Waals surface area contributed by atoms with Crippen molar-refractivity contribution in [2.45, 2.75) is 45.2 Å².